The van der Waals surface area contributed by atoms with Crippen molar-refractivity contribution in [3.05, 3.63) is 23.8 Å². The fourth-order valence-corrected chi connectivity index (χ4v) is 2.25. The minimum Gasteiger partial charge on any atom is -0.497 e. The van der Waals surface area contributed by atoms with Crippen molar-refractivity contribution in [1.29, 1.82) is 0 Å². The van der Waals surface area contributed by atoms with Crippen LogP contribution in [-0.4, -0.2) is 19.8 Å². The van der Waals surface area contributed by atoms with Crippen LogP contribution in [0.15, 0.2) is 18.2 Å². The maximum atomic E-state index is 5.28. The van der Waals surface area contributed by atoms with Crippen molar-refractivity contribution in [2.24, 2.45) is 5.92 Å². The van der Waals surface area contributed by atoms with Gasteiger partial charge in [0, 0.05) is 18.2 Å². The van der Waals surface area contributed by atoms with E-state index in [0.29, 0.717) is 0 Å². The molecule has 0 unspecified atom stereocenters. The molecule has 1 saturated carbocycles. The van der Waals surface area contributed by atoms with Gasteiger partial charge in [0.05, 0.1) is 14.2 Å². The first-order valence-corrected chi connectivity index (χ1v) is 6.52. The van der Waals surface area contributed by atoms with E-state index in [2.05, 4.69) is 31.3 Å². The lowest BCUT2D eigenvalue weighted by Gasteiger charge is -2.26. The van der Waals surface area contributed by atoms with Gasteiger partial charge in [-0.25, -0.2) is 0 Å². The van der Waals surface area contributed by atoms with Crippen LogP contribution >= 0.6 is 0 Å². The van der Waals surface area contributed by atoms with E-state index in [9.17, 15) is 0 Å². The summed E-state index contributed by atoms with van der Waals surface area (Å²) in [5.41, 5.74) is 1.41. The van der Waals surface area contributed by atoms with Gasteiger partial charge in [-0.3, -0.25) is 0 Å². The summed E-state index contributed by atoms with van der Waals surface area (Å²) >= 11 is 0. The zero-order valence-corrected chi connectivity index (χ0v) is 11.7. The molecular formula is C15H23NO2. The molecule has 3 heteroatoms. The first-order chi connectivity index (χ1) is 8.55. The predicted molar refractivity (Wildman–Crippen MR) is 73.2 cm³/mol. The van der Waals surface area contributed by atoms with E-state index in [0.717, 1.165) is 24.0 Å². The molecule has 0 atom stereocenters. The Hall–Kier alpha value is -1.22. The second-order valence-corrected chi connectivity index (χ2v) is 5.57. The smallest absolute Gasteiger partial charge is 0.122 e. The lowest BCUT2D eigenvalue weighted by atomic mass is 9.98. The van der Waals surface area contributed by atoms with E-state index >= 15 is 0 Å². The molecule has 18 heavy (non-hydrogen) atoms. The van der Waals surface area contributed by atoms with Crippen molar-refractivity contribution in [2.45, 2.75) is 38.8 Å². The third kappa shape index (κ3) is 3.16. The van der Waals surface area contributed by atoms with Gasteiger partial charge in [-0.1, -0.05) is 0 Å². The van der Waals surface area contributed by atoms with Crippen molar-refractivity contribution < 1.29 is 9.47 Å². The summed E-state index contributed by atoms with van der Waals surface area (Å²) in [6.45, 7) is 5.40. The summed E-state index contributed by atoms with van der Waals surface area (Å²) < 4.78 is 10.6. The van der Waals surface area contributed by atoms with Crippen LogP contribution < -0.4 is 14.8 Å². The van der Waals surface area contributed by atoms with Gasteiger partial charge in [0.1, 0.15) is 11.5 Å². The van der Waals surface area contributed by atoms with Crippen molar-refractivity contribution in [3.63, 3.8) is 0 Å². The molecule has 1 aliphatic rings. The second kappa shape index (κ2) is 5.19. The number of hydrogen-bond acceptors (Lipinski definition) is 3. The number of rotatable bonds is 6. The highest BCUT2D eigenvalue weighted by Crippen LogP contribution is 2.39. The normalized spacial score (nSPS) is 15.6. The molecule has 0 aromatic heterocycles. The summed E-state index contributed by atoms with van der Waals surface area (Å²) in [5, 5.41) is 3.63. The maximum absolute atomic E-state index is 5.28. The average molecular weight is 249 g/mol. The van der Waals surface area contributed by atoms with Crippen molar-refractivity contribution >= 4 is 0 Å². The Morgan fingerprint density at radius 1 is 1.11 bits per heavy atom. The van der Waals surface area contributed by atoms with Gasteiger partial charge in [0.2, 0.25) is 0 Å². The number of ether oxygens (including phenoxy) is 2. The van der Waals surface area contributed by atoms with E-state index in [1.807, 2.05) is 6.07 Å². The molecule has 2 rings (SSSR count). The minimum atomic E-state index is 0.219. The Balaban J connectivity index is 2.03. The third-order valence-electron chi connectivity index (χ3n) is 3.76. The molecule has 0 saturated heterocycles. The highest BCUT2D eigenvalue weighted by atomic mass is 16.5. The maximum Gasteiger partial charge on any atom is 0.122 e. The molecule has 0 spiro atoms. The molecule has 1 fully saturated rings. The van der Waals surface area contributed by atoms with Crippen molar-refractivity contribution in [1.82, 2.24) is 5.32 Å². The van der Waals surface area contributed by atoms with E-state index in [1.54, 1.807) is 14.2 Å². The zero-order valence-electron chi connectivity index (χ0n) is 11.7. The molecular weight excluding hydrogens is 226 g/mol. The molecule has 0 amide bonds. The number of nitrogens with one attached hydrogen (secondary N) is 1. The quantitative estimate of drug-likeness (QED) is 0.840. The molecule has 0 aliphatic heterocycles. The largest absolute Gasteiger partial charge is 0.497 e. The van der Waals surface area contributed by atoms with Gasteiger partial charge in [0.25, 0.3) is 0 Å². The van der Waals surface area contributed by atoms with Gasteiger partial charge in [-0.2, -0.15) is 0 Å². The van der Waals surface area contributed by atoms with Crippen LogP contribution in [0, 0.1) is 5.92 Å². The minimum absolute atomic E-state index is 0.219. The summed E-state index contributed by atoms with van der Waals surface area (Å²) in [4.78, 5) is 0. The fourth-order valence-electron chi connectivity index (χ4n) is 2.25. The van der Waals surface area contributed by atoms with E-state index in [-0.39, 0.29) is 5.54 Å². The standard InChI is InChI=1S/C15H23NO2/c1-15(2,12-5-6-12)16-10-11-7-13(17-3)9-14(8-11)18-4/h7-9,12,16H,5-6,10H2,1-4H3. The van der Waals surface area contributed by atoms with E-state index in [4.69, 9.17) is 9.47 Å². The fraction of sp³-hybridized carbons (Fsp3) is 0.600. The first kappa shape index (κ1) is 13.2. The molecule has 3 nitrogen and oxygen atoms in total. The number of hydrogen-bond donors (Lipinski definition) is 1. The Morgan fingerprint density at radius 2 is 1.67 bits per heavy atom. The lowest BCUT2D eigenvalue weighted by Crippen LogP contribution is -2.40. The molecule has 1 aliphatic carbocycles. The Kier molecular flexibility index (Phi) is 3.81. The van der Waals surface area contributed by atoms with Gasteiger partial charge in [-0.15, -0.1) is 0 Å². The highest BCUT2D eigenvalue weighted by Gasteiger charge is 2.37. The predicted octanol–water partition coefficient (Wildman–Crippen LogP) is 2.98. The number of benzene rings is 1. The molecule has 0 bridgehead atoms. The van der Waals surface area contributed by atoms with Gasteiger partial charge in [-0.05, 0) is 50.3 Å². The highest BCUT2D eigenvalue weighted by molar-refractivity contribution is 5.38. The Bertz CT molecular complexity index is 389. The van der Waals surface area contributed by atoms with Crippen molar-refractivity contribution in [3.8, 4) is 11.5 Å². The second-order valence-electron chi connectivity index (χ2n) is 5.57. The monoisotopic (exact) mass is 249 g/mol. The summed E-state index contributed by atoms with van der Waals surface area (Å²) in [6, 6.07) is 6.01. The van der Waals surface area contributed by atoms with Crippen LogP contribution in [-0.2, 0) is 6.54 Å². The van der Waals surface area contributed by atoms with E-state index in [1.165, 1.54) is 18.4 Å². The summed E-state index contributed by atoms with van der Waals surface area (Å²) in [6.07, 6.45) is 2.70. The third-order valence-corrected chi connectivity index (χ3v) is 3.76. The first-order valence-electron chi connectivity index (χ1n) is 6.52. The van der Waals surface area contributed by atoms with Gasteiger partial charge < -0.3 is 14.8 Å². The van der Waals surface area contributed by atoms with E-state index < -0.39 is 0 Å². The van der Waals surface area contributed by atoms with Crippen LogP contribution in [0.5, 0.6) is 11.5 Å². The van der Waals surface area contributed by atoms with Crippen LogP contribution in [0.1, 0.15) is 32.3 Å². The van der Waals surface area contributed by atoms with Crippen molar-refractivity contribution in [2.75, 3.05) is 14.2 Å². The molecule has 1 aromatic carbocycles. The molecule has 1 aromatic rings. The van der Waals surface area contributed by atoms with Crippen LogP contribution in [0.3, 0.4) is 0 Å². The Morgan fingerprint density at radius 3 is 2.11 bits per heavy atom. The zero-order chi connectivity index (χ0) is 13.2. The van der Waals surface area contributed by atoms with Gasteiger partial charge in [0.15, 0.2) is 0 Å². The molecule has 100 valence electrons. The van der Waals surface area contributed by atoms with Crippen LogP contribution in [0.2, 0.25) is 0 Å². The summed E-state index contributed by atoms with van der Waals surface area (Å²) in [7, 11) is 3.36. The van der Waals surface area contributed by atoms with Crippen LogP contribution in [0.4, 0.5) is 0 Å². The summed E-state index contributed by atoms with van der Waals surface area (Å²) in [5.74, 6) is 2.51. The average Bonchev–Trinajstić information content (AvgIpc) is 3.20. The molecule has 0 heterocycles. The molecule has 1 N–H and O–H groups in total. The van der Waals surface area contributed by atoms with Crippen LogP contribution in [0.25, 0.3) is 0 Å². The SMILES string of the molecule is COc1cc(CNC(C)(C)C2CC2)cc(OC)c1. The lowest BCUT2D eigenvalue weighted by molar-refractivity contribution is 0.338. The Labute approximate surface area is 109 Å². The molecule has 0 radical (unpaired) electrons. The van der Waals surface area contributed by atoms with Gasteiger partial charge >= 0.3 is 0 Å². The topological polar surface area (TPSA) is 30.5 Å². The number of methoxy groups -OCH3 is 2.